The van der Waals surface area contributed by atoms with Crippen LogP contribution in [-0.4, -0.2) is 17.0 Å². The minimum atomic E-state index is -0.952. The smallest absolute Gasteiger partial charge is 0.315 e. The second-order valence-corrected chi connectivity index (χ2v) is 9.58. The Kier molecular flexibility index (Phi) is 5.34. The van der Waals surface area contributed by atoms with Crippen molar-refractivity contribution >= 4 is 33.5 Å². The van der Waals surface area contributed by atoms with Crippen LogP contribution in [0.1, 0.15) is 46.1 Å². The van der Waals surface area contributed by atoms with Crippen LogP contribution < -0.4 is 4.74 Å². The molecule has 160 valence electrons. The summed E-state index contributed by atoms with van der Waals surface area (Å²) in [6.45, 7) is 8.35. The zero-order chi connectivity index (χ0) is 22.3. The van der Waals surface area contributed by atoms with Gasteiger partial charge >= 0.3 is 11.9 Å². The third-order valence-corrected chi connectivity index (χ3v) is 6.25. The van der Waals surface area contributed by atoms with Crippen molar-refractivity contribution in [2.45, 2.75) is 46.0 Å². The van der Waals surface area contributed by atoms with Crippen LogP contribution in [0.3, 0.4) is 0 Å². The summed E-state index contributed by atoms with van der Waals surface area (Å²) in [7, 11) is 0. The standard InChI is InChI=1S/C27H28O4/c1-16-9-12-21(23(13-16)25(28)29)26(30)31-24-20-8-6-5-7-17(20)14-18-10-11-19(15-22(18)24)27(2,3)4/h5-11,14-15,21,23H,12-13H2,1-4H3,(H,28,29). The average Bonchev–Trinajstić information content (AvgIpc) is 2.72. The number of ether oxygens (including phenoxy) is 1. The van der Waals surface area contributed by atoms with Crippen molar-refractivity contribution in [1.29, 1.82) is 0 Å². The number of rotatable bonds is 3. The van der Waals surface area contributed by atoms with E-state index < -0.39 is 23.8 Å². The van der Waals surface area contributed by atoms with E-state index in [1.54, 1.807) is 0 Å². The quantitative estimate of drug-likeness (QED) is 0.237. The van der Waals surface area contributed by atoms with Crippen LogP contribution in [0.4, 0.5) is 0 Å². The summed E-state index contributed by atoms with van der Waals surface area (Å²) in [4.78, 5) is 25.1. The maximum Gasteiger partial charge on any atom is 0.315 e. The molecule has 4 heteroatoms. The van der Waals surface area contributed by atoms with Crippen LogP contribution in [-0.2, 0) is 15.0 Å². The van der Waals surface area contributed by atoms with E-state index in [4.69, 9.17) is 4.74 Å². The number of fused-ring (bicyclic) bond motifs is 2. The maximum absolute atomic E-state index is 13.2. The van der Waals surface area contributed by atoms with E-state index in [1.807, 2.05) is 37.3 Å². The molecule has 0 spiro atoms. The molecule has 0 fully saturated rings. The molecule has 31 heavy (non-hydrogen) atoms. The number of allylic oxidation sites excluding steroid dienone is 2. The number of hydrogen-bond acceptors (Lipinski definition) is 3. The molecule has 1 N–H and O–H groups in total. The fourth-order valence-corrected chi connectivity index (χ4v) is 4.36. The summed E-state index contributed by atoms with van der Waals surface area (Å²) in [5.74, 6) is -2.37. The summed E-state index contributed by atoms with van der Waals surface area (Å²) in [5.41, 5.74) is 2.09. The lowest BCUT2D eigenvalue weighted by Gasteiger charge is -2.26. The molecule has 4 rings (SSSR count). The Balaban J connectivity index is 1.84. The largest absolute Gasteiger partial charge is 0.481 e. The maximum atomic E-state index is 13.2. The molecular weight excluding hydrogens is 388 g/mol. The number of carbonyl (C=O) groups is 2. The molecule has 1 aliphatic carbocycles. The number of esters is 1. The Bertz CT molecular complexity index is 1210. The van der Waals surface area contributed by atoms with E-state index in [-0.39, 0.29) is 5.41 Å². The van der Waals surface area contributed by atoms with Crippen molar-refractivity contribution in [3.05, 3.63) is 65.7 Å². The molecule has 2 unspecified atom stereocenters. The van der Waals surface area contributed by atoms with E-state index in [2.05, 4.69) is 45.0 Å². The predicted octanol–water partition coefficient (Wildman–Crippen LogP) is 6.25. The summed E-state index contributed by atoms with van der Waals surface area (Å²) in [6, 6.07) is 16.2. The Labute approximate surface area is 182 Å². The summed E-state index contributed by atoms with van der Waals surface area (Å²) in [5, 5.41) is 13.4. The molecule has 0 aliphatic heterocycles. The van der Waals surface area contributed by atoms with Crippen LogP contribution in [0, 0.1) is 11.8 Å². The third-order valence-electron chi connectivity index (χ3n) is 6.25. The molecule has 0 aromatic heterocycles. The van der Waals surface area contributed by atoms with E-state index in [9.17, 15) is 14.7 Å². The summed E-state index contributed by atoms with van der Waals surface area (Å²) >= 11 is 0. The number of carboxylic acid groups (broad SMARTS) is 1. The van der Waals surface area contributed by atoms with Crippen LogP contribution in [0.25, 0.3) is 21.5 Å². The summed E-state index contributed by atoms with van der Waals surface area (Å²) < 4.78 is 6.03. The molecule has 3 aromatic carbocycles. The van der Waals surface area contributed by atoms with Gasteiger partial charge in [-0.05, 0) is 53.6 Å². The highest BCUT2D eigenvalue weighted by atomic mass is 16.5. The van der Waals surface area contributed by atoms with Gasteiger partial charge in [-0.2, -0.15) is 0 Å². The fourth-order valence-electron chi connectivity index (χ4n) is 4.36. The topological polar surface area (TPSA) is 63.6 Å². The number of benzene rings is 3. The lowest BCUT2D eigenvalue weighted by atomic mass is 9.80. The molecule has 3 aromatic rings. The second kappa shape index (κ2) is 7.84. The average molecular weight is 417 g/mol. The molecular formula is C27H28O4. The molecule has 0 heterocycles. The number of carbonyl (C=O) groups excluding carboxylic acids is 1. The molecule has 2 atom stereocenters. The van der Waals surface area contributed by atoms with Gasteiger partial charge in [-0.15, -0.1) is 0 Å². The Morgan fingerprint density at radius 2 is 1.68 bits per heavy atom. The van der Waals surface area contributed by atoms with E-state index in [0.29, 0.717) is 18.6 Å². The molecule has 0 saturated carbocycles. The molecule has 0 bridgehead atoms. The zero-order valence-corrected chi connectivity index (χ0v) is 18.4. The van der Waals surface area contributed by atoms with Gasteiger partial charge in [0.25, 0.3) is 0 Å². The normalized spacial score (nSPS) is 19.3. The van der Waals surface area contributed by atoms with Gasteiger partial charge in [0.1, 0.15) is 5.75 Å². The van der Waals surface area contributed by atoms with Gasteiger partial charge < -0.3 is 9.84 Å². The first-order valence-electron chi connectivity index (χ1n) is 10.7. The van der Waals surface area contributed by atoms with Crippen molar-refractivity contribution in [3.8, 4) is 5.75 Å². The lowest BCUT2D eigenvalue weighted by Crippen LogP contribution is -2.34. The van der Waals surface area contributed by atoms with Crippen molar-refractivity contribution in [3.63, 3.8) is 0 Å². The Morgan fingerprint density at radius 1 is 0.968 bits per heavy atom. The minimum Gasteiger partial charge on any atom is -0.481 e. The number of hydrogen-bond donors (Lipinski definition) is 1. The number of carboxylic acids is 1. The van der Waals surface area contributed by atoms with Gasteiger partial charge in [0.05, 0.1) is 11.8 Å². The monoisotopic (exact) mass is 416 g/mol. The third kappa shape index (κ3) is 4.07. The molecule has 0 amide bonds. The van der Waals surface area contributed by atoms with Crippen LogP contribution in [0.2, 0.25) is 0 Å². The van der Waals surface area contributed by atoms with Gasteiger partial charge in [0, 0.05) is 10.8 Å². The van der Waals surface area contributed by atoms with Crippen LogP contribution >= 0.6 is 0 Å². The lowest BCUT2D eigenvalue weighted by molar-refractivity contribution is -0.152. The Hall–Kier alpha value is -3.14. The SMILES string of the molecule is CC1=CCC(C(=O)Oc2c3ccccc3cc3ccc(C(C)(C)C)cc23)C(C(=O)O)C1. The highest BCUT2D eigenvalue weighted by Crippen LogP contribution is 2.39. The van der Waals surface area contributed by atoms with Gasteiger partial charge in [0.2, 0.25) is 0 Å². The molecule has 0 radical (unpaired) electrons. The van der Waals surface area contributed by atoms with E-state index in [0.717, 1.165) is 32.7 Å². The van der Waals surface area contributed by atoms with Crippen molar-refractivity contribution in [2.24, 2.45) is 11.8 Å². The zero-order valence-electron chi connectivity index (χ0n) is 18.4. The first-order chi connectivity index (χ1) is 14.6. The van der Waals surface area contributed by atoms with Gasteiger partial charge in [-0.25, -0.2) is 0 Å². The fraction of sp³-hybridized carbons (Fsp3) is 0.333. The molecule has 1 aliphatic rings. The van der Waals surface area contributed by atoms with Gasteiger partial charge in [-0.3, -0.25) is 9.59 Å². The van der Waals surface area contributed by atoms with Crippen LogP contribution in [0.5, 0.6) is 5.75 Å². The first kappa shape index (κ1) is 21.1. The van der Waals surface area contributed by atoms with Crippen molar-refractivity contribution in [2.75, 3.05) is 0 Å². The predicted molar refractivity (Wildman–Crippen MR) is 123 cm³/mol. The summed E-state index contributed by atoms with van der Waals surface area (Å²) in [6.07, 6.45) is 2.71. The number of aliphatic carboxylic acids is 1. The van der Waals surface area contributed by atoms with E-state index in [1.165, 1.54) is 0 Å². The minimum absolute atomic E-state index is 0.0544. The van der Waals surface area contributed by atoms with Crippen molar-refractivity contribution in [1.82, 2.24) is 0 Å². The van der Waals surface area contributed by atoms with Crippen LogP contribution in [0.15, 0.2) is 60.2 Å². The van der Waals surface area contributed by atoms with Crippen molar-refractivity contribution < 1.29 is 19.4 Å². The highest BCUT2D eigenvalue weighted by Gasteiger charge is 2.37. The van der Waals surface area contributed by atoms with Gasteiger partial charge in [-0.1, -0.05) is 68.8 Å². The Morgan fingerprint density at radius 3 is 2.39 bits per heavy atom. The second-order valence-electron chi connectivity index (χ2n) is 9.58. The first-order valence-corrected chi connectivity index (χ1v) is 10.7. The molecule has 0 saturated heterocycles. The van der Waals surface area contributed by atoms with Gasteiger partial charge in [0.15, 0.2) is 0 Å². The highest BCUT2D eigenvalue weighted by molar-refractivity contribution is 6.07. The van der Waals surface area contributed by atoms with E-state index >= 15 is 0 Å². The molecule has 4 nitrogen and oxygen atoms in total.